The molecule has 0 unspecified atom stereocenters. The smallest absolute Gasteiger partial charge is 0.431 e. The van der Waals surface area contributed by atoms with E-state index in [-0.39, 0.29) is 31.9 Å². The molecule has 241 valence electrons. The van der Waals surface area contributed by atoms with Gasteiger partial charge in [0, 0.05) is 38.1 Å². The van der Waals surface area contributed by atoms with Crippen LogP contribution in [-0.4, -0.2) is 39.0 Å². The van der Waals surface area contributed by atoms with Crippen LogP contribution in [0.4, 0.5) is 33.3 Å². The van der Waals surface area contributed by atoms with Gasteiger partial charge in [-0.3, -0.25) is 8.78 Å². The Morgan fingerprint density at radius 1 is 0.913 bits per heavy atom. The molecule has 0 saturated heterocycles. The van der Waals surface area contributed by atoms with Crippen LogP contribution < -0.4 is 24.4 Å². The molecule has 2 aliphatic heterocycles. The van der Waals surface area contributed by atoms with Crippen LogP contribution in [0.15, 0.2) is 67.3 Å². The van der Waals surface area contributed by atoms with Crippen LogP contribution in [0.25, 0.3) is 0 Å². The van der Waals surface area contributed by atoms with E-state index in [1.165, 1.54) is 18.2 Å². The third-order valence-corrected chi connectivity index (χ3v) is 5.70. The number of ether oxygens (including phenoxy) is 2. The van der Waals surface area contributed by atoms with Gasteiger partial charge >= 0.3 is 6.18 Å². The summed E-state index contributed by atoms with van der Waals surface area (Å²) >= 11 is 0. The molecule has 5 heterocycles. The maximum absolute atomic E-state index is 13.4. The number of halogens is 5. The summed E-state index contributed by atoms with van der Waals surface area (Å²) in [6, 6.07) is 16.7. The second kappa shape index (κ2) is 14.3. The van der Waals surface area contributed by atoms with Crippen molar-refractivity contribution < 1.29 is 51.5 Å². The fourth-order valence-corrected chi connectivity index (χ4v) is 3.69. The van der Waals surface area contributed by atoms with Gasteiger partial charge in [0.05, 0.1) is 17.8 Å². The predicted molar refractivity (Wildman–Crippen MR) is 147 cm³/mol. The summed E-state index contributed by atoms with van der Waals surface area (Å²) in [5, 5.41) is 15.4. The second-order valence-electron chi connectivity index (χ2n) is 9.15. The Bertz CT molecular complexity index is 1730. The maximum Gasteiger partial charge on any atom is 0.431 e. The van der Waals surface area contributed by atoms with Gasteiger partial charge in [0.2, 0.25) is 11.8 Å². The van der Waals surface area contributed by atoms with Gasteiger partial charge in [-0.2, -0.15) is 36.8 Å². The Hall–Kier alpha value is -5.20. The maximum atomic E-state index is 13.4. The molecular formula is C29H19F5IrN9O2-5. The van der Waals surface area contributed by atoms with Gasteiger partial charge in [0.15, 0.2) is 0 Å². The van der Waals surface area contributed by atoms with Crippen molar-refractivity contribution in [3.05, 3.63) is 116 Å². The monoisotopic (exact) mass is 813 g/mol. The first-order valence-electron chi connectivity index (χ1n) is 12.7. The second-order valence-corrected chi connectivity index (χ2v) is 9.15. The topological polar surface area (TPSA) is 108 Å². The van der Waals surface area contributed by atoms with Gasteiger partial charge in [0.25, 0.3) is 0 Å². The number of rotatable bonds is 6. The Morgan fingerprint density at radius 2 is 1.52 bits per heavy atom. The van der Waals surface area contributed by atoms with E-state index < -0.39 is 35.4 Å². The first-order chi connectivity index (χ1) is 21.5. The van der Waals surface area contributed by atoms with E-state index >= 15 is 0 Å². The molecule has 0 N–H and O–H groups in total. The molecule has 0 amide bonds. The van der Waals surface area contributed by atoms with E-state index in [1.807, 2.05) is 84.0 Å². The molecular weight excluding hydrogens is 794 g/mol. The summed E-state index contributed by atoms with van der Waals surface area (Å²) < 4.78 is 73.5. The van der Waals surface area contributed by atoms with Crippen molar-refractivity contribution in [1.82, 2.24) is 30.0 Å². The average Bonchev–Trinajstić information content (AvgIpc) is 3.76. The number of pyridine rings is 2. The summed E-state index contributed by atoms with van der Waals surface area (Å²) in [6.07, 6.45) is 3.11. The number of nitriles is 1. The van der Waals surface area contributed by atoms with Crippen LogP contribution in [0.5, 0.6) is 23.4 Å². The number of nitrogens with zero attached hydrogens (tertiary/aromatic N) is 9. The Morgan fingerprint density at radius 3 is 2.02 bits per heavy atom. The largest absolute Gasteiger partial charge is 0.544 e. The van der Waals surface area contributed by atoms with E-state index in [4.69, 9.17) is 9.47 Å². The quantitative estimate of drug-likeness (QED) is 0.139. The number of hydrogen-bond donors (Lipinski definition) is 0. The normalized spacial score (nSPS) is 13.7. The zero-order chi connectivity index (χ0) is 32.1. The van der Waals surface area contributed by atoms with E-state index in [0.717, 1.165) is 17.4 Å². The predicted octanol–water partition coefficient (Wildman–Crippen LogP) is 5.55. The molecule has 11 nitrogen and oxygen atoms in total. The van der Waals surface area contributed by atoms with Crippen molar-refractivity contribution in [3.8, 4) is 29.5 Å². The van der Waals surface area contributed by atoms with Gasteiger partial charge in [-0.25, -0.2) is 0 Å². The van der Waals surface area contributed by atoms with Crippen molar-refractivity contribution in [2.24, 2.45) is 0 Å². The fourth-order valence-electron chi connectivity index (χ4n) is 3.69. The van der Waals surface area contributed by atoms with E-state index in [1.54, 1.807) is 0 Å². The summed E-state index contributed by atoms with van der Waals surface area (Å²) in [6.45, 7) is 3.87. The molecule has 0 atom stereocenters. The Kier molecular flexibility index (Phi) is 10.4. The van der Waals surface area contributed by atoms with Crippen molar-refractivity contribution in [1.29, 1.82) is 5.26 Å². The van der Waals surface area contributed by atoms with E-state index in [9.17, 15) is 27.2 Å². The molecule has 0 aliphatic carbocycles. The third kappa shape index (κ3) is 8.49. The van der Waals surface area contributed by atoms with Crippen LogP contribution in [0.3, 0.4) is 0 Å². The van der Waals surface area contributed by atoms with Gasteiger partial charge in [-0.05, 0) is 45.0 Å². The Labute approximate surface area is 273 Å². The van der Waals surface area contributed by atoms with Crippen molar-refractivity contribution in [2.45, 2.75) is 6.18 Å². The number of hydrogen-bond acceptors (Lipinski definition) is 10. The molecule has 17 heteroatoms. The minimum Gasteiger partial charge on any atom is -0.544 e. The number of anilines is 2. The van der Waals surface area contributed by atoms with Gasteiger partial charge < -0.3 is 44.3 Å². The molecule has 0 spiro atoms. The molecule has 3 aromatic heterocycles. The summed E-state index contributed by atoms with van der Waals surface area (Å²) in [5.41, 5.74) is 1.08. The number of alkyl halides is 3. The molecule has 1 aromatic carbocycles. The number of benzene rings is 1. The standard InChI is InChI=1S/C15H14N5.C14H5F5N4O2.Ir/c1-17-3-5-19(11-17)14-7-13(10-16)8-15(9-14)20-6-4-18(2)12-20;15-9-5-4-7(13(16)20-9)24-10-2-1-3-11(21-10)25-12-6-8(22-23-12)14(17,18)19;/h3-8,11-12H,1-2H3;1-3,5-6H;/q-3;-2;. The summed E-state index contributed by atoms with van der Waals surface area (Å²) in [5.74, 6) is -3.63. The van der Waals surface area contributed by atoms with Crippen molar-refractivity contribution in [2.75, 3.05) is 23.9 Å². The SMILES string of the molecule is CN1C=CN(c2[c-]c(N3C=CN(C)[CH-]3)cc(C#N)c2)[CH-]1.Fc1c[c-]c(Oc2cccc(Oc3cc(C(F)(F)F)n[n-]3)n2)c(F)n1.[Ir]. The van der Waals surface area contributed by atoms with Gasteiger partial charge in [-0.1, -0.05) is 11.6 Å². The first-order valence-corrected chi connectivity index (χ1v) is 12.7. The minimum absolute atomic E-state index is 0. The van der Waals surface area contributed by atoms with Crippen LogP contribution in [0.2, 0.25) is 0 Å². The molecule has 0 saturated carbocycles. The van der Waals surface area contributed by atoms with Crippen LogP contribution in [-0.2, 0) is 26.3 Å². The van der Waals surface area contributed by atoms with Crippen LogP contribution in [0, 0.1) is 48.7 Å². The molecule has 4 aromatic rings. The van der Waals surface area contributed by atoms with E-state index in [2.05, 4.69) is 38.4 Å². The molecule has 1 radical (unpaired) electrons. The van der Waals surface area contributed by atoms with Crippen molar-refractivity contribution >= 4 is 11.4 Å². The molecule has 0 bridgehead atoms. The van der Waals surface area contributed by atoms with E-state index in [0.29, 0.717) is 11.6 Å². The molecule has 6 rings (SSSR count). The summed E-state index contributed by atoms with van der Waals surface area (Å²) in [7, 11) is 3.91. The fraction of sp³-hybridized carbons (Fsp3) is 0.103. The molecule has 0 fully saturated rings. The third-order valence-electron chi connectivity index (χ3n) is 5.70. The van der Waals surface area contributed by atoms with Crippen LogP contribution >= 0.6 is 0 Å². The average molecular weight is 813 g/mol. The van der Waals surface area contributed by atoms with Gasteiger partial charge in [0.1, 0.15) is 11.6 Å². The number of aromatic nitrogens is 4. The summed E-state index contributed by atoms with van der Waals surface area (Å²) in [4.78, 5) is 14.5. The van der Waals surface area contributed by atoms with Crippen LogP contribution in [0.1, 0.15) is 11.3 Å². The van der Waals surface area contributed by atoms with Crippen molar-refractivity contribution in [3.63, 3.8) is 0 Å². The zero-order valence-corrected chi connectivity index (χ0v) is 26.0. The zero-order valence-electron chi connectivity index (χ0n) is 23.6. The Balaban J connectivity index is 0.000000209. The molecule has 46 heavy (non-hydrogen) atoms. The van der Waals surface area contributed by atoms with Gasteiger partial charge in [-0.15, -0.1) is 41.7 Å². The first kappa shape index (κ1) is 33.7. The minimum atomic E-state index is -4.66. The molecule has 2 aliphatic rings.